The second-order valence-corrected chi connectivity index (χ2v) is 5.80. The minimum Gasteiger partial charge on any atom is -0.496 e. The number of rotatable bonds is 2. The molecular weight excluding hydrogens is 241 g/mol. The van der Waals surface area contributed by atoms with Crippen molar-refractivity contribution in [3.63, 3.8) is 0 Å². The van der Waals surface area contributed by atoms with Crippen LogP contribution in [0.2, 0.25) is 0 Å². The van der Waals surface area contributed by atoms with Gasteiger partial charge in [-0.3, -0.25) is 4.21 Å². The summed E-state index contributed by atoms with van der Waals surface area (Å²) in [6.45, 7) is 1.96. The van der Waals surface area contributed by atoms with Gasteiger partial charge in [0.2, 0.25) is 0 Å². The van der Waals surface area contributed by atoms with Crippen LogP contribution in [0, 0.1) is 5.82 Å². The summed E-state index contributed by atoms with van der Waals surface area (Å²) in [4.78, 5) is 0. The van der Waals surface area contributed by atoms with E-state index >= 15 is 0 Å². The van der Waals surface area contributed by atoms with Crippen molar-refractivity contribution in [1.29, 1.82) is 0 Å². The molecule has 0 spiro atoms. The number of hydrogen-bond acceptors (Lipinski definition) is 3. The maximum Gasteiger partial charge on any atom is 0.131 e. The van der Waals surface area contributed by atoms with Crippen LogP contribution in [0.1, 0.15) is 18.5 Å². The van der Waals surface area contributed by atoms with Crippen LogP contribution in [0.25, 0.3) is 0 Å². The van der Waals surface area contributed by atoms with E-state index in [2.05, 4.69) is 5.32 Å². The van der Waals surface area contributed by atoms with Crippen molar-refractivity contribution < 1.29 is 13.3 Å². The zero-order valence-corrected chi connectivity index (χ0v) is 10.7. The monoisotopic (exact) mass is 257 g/mol. The van der Waals surface area contributed by atoms with Gasteiger partial charge in [0.1, 0.15) is 11.6 Å². The molecule has 1 aromatic rings. The molecule has 1 aliphatic rings. The molecule has 1 aromatic carbocycles. The number of methoxy groups -OCH3 is 1. The lowest BCUT2D eigenvalue weighted by molar-refractivity contribution is 0.387. The third-order valence-electron chi connectivity index (χ3n) is 2.86. The predicted molar refractivity (Wildman–Crippen MR) is 66.2 cm³/mol. The molecule has 0 radical (unpaired) electrons. The number of ether oxygens (including phenoxy) is 1. The molecular formula is C12H16FNO2S. The van der Waals surface area contributed by atoms with Gasteiger partial charge in [0.15, 0.2) is 0 Å². The Hall–Kier alpha value is -0.940. The molecule has 2 rings (SSSR count). The van der Waals surface area contributed by atoms with Crippen molar-refractivity contribution in [1.82, 2.24) is 5.32 Å². The molecule has 1 saturated heterocycles. The minimum absolute atomic E-state index is 0.124. The van der Waals surface area contributed by atoms with Gasteiger partial charge in [-0.25, -0.2) is 4.39 Å². The van der Waals surface area contributed by atoms with Crippen LogP contribution in [0.4, 0.5) is 4.39 Å². The van der Waals surface area contributed by atoms with Crippen molar-refractivity contribution >= 4 is 10.8 Å². The average molecular weight is 257 g/mol. The molecule has 0 amide bonds. The summed E-state index contributed by atoms with van der Waals surface area (Å²) in [5, 5.41) is 3.27. The molecule has 5 heteroatoms. The lowest BCUT2D eigenvalue weighted by atomic mass is 10.1. The second-order valence-electron chi connectivity index (χ2n) is 4.25. The Labute approximate surface area is 103 Å². The molecule has 3 nitrogen and oxygen atoms in total. The number of benzene rings is 1. The van der Waals surface area contributed by atoms with Crippen LogP contribution in [-0.2, 0) is 10.8 Å². The SMILES string of the molecule is COc1cccc(F)c1C1CS(=O)CC(C)N1. The van der Waals surface area contributed by atoms with Gasteiger partial charge in [-0.05, 0) is 19.1 Å². The van der Waals surface area contributed by atoms with E-state index in [-0.39, 0.29) is 17.9 Å². The molecule has 1 N–H and O–H groups in total. The van der Waals surface area contributed by atoms with Crippen LogP contribution in [-0.4, -0.2) is 28.9 Å². The van der Waals surface area contributed by atoms with Gasteiger partial charge >= 0.3 is 0 Å². The zero-order chi connectivity index (χ0) is 12.4. The van der Waals surface area contributed by atoms with E-state index in [1.54, 1.807) is 12.1 Å². The minimum atomic E-state index is -0.904. The highest BCUT2D eigenvalue weighted by Crippen LogP contribution is 2.30. The molecule has 17 heavy (non-hydrogen) atoms. The van der Waals surface area contributed by atoms with Gasteiger partial charge in [0.25, 0.3) is 0 Å². The molecule has 1 heterocycles. The maximum absolute atomic E-state index is 13.9. The van der Waals surface area contributed by atoms with E-state index in [1.807, 2.05) is 6.92 Å². The van der Waals surface area contributed by atoms with E-state index in [9.17, 15) is 8.60 Å². The first-order valence-corrected chi connectivity index (χ1v) is 7.04. The Kier molecular flexibility index (Phi) is 3.79. The first kappa shape index (κ1) is 12.5. The molecule has 1 aliphatic heterocycles. The highest BCUT2D eigenvalue weighted by atomic mass is 32.2. The summed E-state index contributed by atoms with van der Waals surface area (Å²) in [6.07, 6.45) is 0. The largest absolute Gasteiger partial charge is 0.496 e. The quantitative estimate of drug-likeness (QED) is 0.875. The average Bonchev–Trinajstić information content (AvgIpc) is 2.27. The summed E-state index contributed by atoms with van der Waals surface area (Å²) >= 11 is 0. The van der Waals surface area contributed by atoms with Crippen LogP contribution in [0.5, 0.6) is 5.75 Å². The number of halogens is 1. The lowest BCUT2D eigenvalue weighted by Crippen LogP contribution is -2.43. The van der Waals surface area contributed by atoms with Crippen LogP contribution >= 0.6 is 0 Å². The molecule has 3 atom stereocenters. The third kappa shape index (κ3) is 2.66. The highest BCUT2D eigenvalue weighted by molar-refractivity contribution is 7.85. The van der Waals surface area contributed by atoms with E-state index in [4.69, 9.17) is 4.74 Å². The molecule has 0 aromatic heterocycles. The topological polar surface area (TPSA) is 38.3 Å². The summed E-state index contributed by atoms with van der Waals surface area (Å²) in [5.41, 5.74) is 0.481. The lowest BCUT2D eigenvalue weighted by Gasteiger charge is -2.29. The Morgan fingerprint density at radius 2 is 2.24 bits per heavy atom. The molecule has 0 aliphatic carbocycles. The van der Waals surface area contributed by atoms with E-state index in [0.29, 0.717) is 22.8 Å². The fourth-order valence-corrected chi connectivity index (χ4v) is 3.60. The number of hydrogen-bond donors (Lipinski definition) is 1. The van der Waals surface area contributed by atoms with E-state index < -0.39 is 10.8 Å². The summed E-state index contributed by atoms with van der Waals surface area (Å²) < 4.78 is 30.7. The summed E-state index contributed by atoms with van der Waals surface area (Å²) in [6, 6.07) is 4.62. The Bertz CT molecular complexity index is 439. The van der Waals surface area contributed by atoms with Crippen molar-refractivity contribution in [2.45, 2.75) is 19.0 Å². The fourth-order valence-electron chi connectivity index (χ4n) is 2.17. The Balaban J connectivity index is 2.35. The van der Waals surface area contributed by atoms with Gasteiger partial charge in [-0.1, -0.05) is 6.07 Å². The molecule has 94 valence electrons. The molecule has 0 saturated carbocycles. The highest BCUT2D eigenvalue weighted by Gasteiger charge is 2.28. The third-order valence-corrected chi connectivity index (χ3v) is 4.43. The van der Waals surface area contributed by atoms with Gasteiger partial charge < -0.3 is 10.1 Å². The van der Waals surface area contributed by atoms with Crippen molar-refractivity contribution in [3.05, 3.63) is 29.6 Å². The van der Waals surface area contributed by atoms with Crippen molar-refractivity contribution in [2.75, 3.05) is 18.6 Å². The normalized spacial score (nSPS) is 29.0. The summed E-state index contributed by atoms with van der Waals surface area (Å²) in [5.74, 6) is 1.25. The van der Waals surface area contributed by atoms with E-state index in [0.717, 1.165) is 0 Å². The molecule has 3 unspecified atom stereocenters. The smallest absolute Gasteiger partial charge is 0.131 e. The molecule has 0 bridgehead atoms. The second kappa shape index (κ2) is 5.14. The fraction of sp³-hybridized carbons (Fsp3) is 0.500. The first-order chi connectivity index (χ1) is 8.11. The Morgan fingerprint density at radius 3 is 2.88 bits per heavy atom. The first-order valence-electron chi connectivity index (χ1n) is 5.55. The van der Waals surface area contributed by atoms with Gasteiger partial charge in [0, 0.05) is 33.9 Å². The molecule has 1 fully saturated rings. The standard InChI is InChI=1S/C12H16FNO2S/c1-8-6-17(15)7-10(14-8)12-9(13)4-3-5-11(12)16-2/h3-5,8,10,14H,6-7H2,1-2H3. The maximum atomic E-state index is 13.9. The van der Waals surface area contributed by atoms with Crippen molar-refractivity contribution in [3.8, 4) is 5.75 Å². The zero-order valence-electron chi connectivity index (χ0n) is 9.90. The van der Waals surface area contributed by atoms with E-state index in [1.165, 1.54) is 13.2 Å². The number of nitrogens with one attached hydrogen (secondary N) is 1. The Morgan fingerprint density at radius 1 is 1.47 bits per heavy atom. The van der Waals surface area contributed by atoms with Crippen LogP contribution in [0.3, 0.4) is 0 Å². The van der Waals surface area contributed by atoms with Gasteiger partial charge in [0.05, 0.1) is 13.2 Å². The van der Waals surface area contributed by atoms with Gasteiger partial charge in [-0.15, -0.1) is 0 Å². The van der Waals surface area contributed by atoms with Crippen LogP contribution in [0.15, 0.2) is 18.2 Å². The predicted octanol–water partition coefficient (Wildman–Crippen LogP) is 1.62. The van der Waals surface area contributed by atoms with Gasteiger partial charge in [-0.2, -0.15) is 0 Å². The van der Waals surface area contributed by atoms with Crippen LogP contribution < -0.4 is 10.1 Å². The van der Waals surface area contributed by atoms with Crippen molar-refractivity contribution in [2.24, 2.45) is 0 Å². The summed E-state index contributed by atoms with van der Waals surface area (Å²) in [7, 11) is 0.611.